The molecular weight excluding hydrogens is 138 g/mol. The van der Waals surface area contributed by atoms with E-state index in [4.69, 9.17) is 5.73 Å². The van der Waals surface area contributed by atoms with E-state index in [9.17, 15) is 0 Å². The molecule has 0 spiro atoms. The zero-order valence-corrected chi connectivity index (χ0v) is 5.81. The molecule has 1 heterocycles. The minimum absolute atomic E-state index is 0.131. The molecule has 0 saturated heterocycles. The first-order valence-electron chi connectivity index (χ1n) is 2.55. The van der Waals surface area contributed by atoms with Crippen LogP contribution in [0.4, 0.5) is 6.01 Å². The number of thioether (sulfide) groups is 1. The maximum atomic E-state index is 5.16. The van der Waals surface area contributed by atoms with E-state index in [1.807, 2.05) is 6.92 Å². The molecular formula is C4H7N3OS. The Kier molecular flexibility index (Phi) is 1.94. The minimum atomic E-state index is 0.131. The van der Waals surface area contributed by atoms with Gasteiger partial charge in [-0.15, -0.1) is 0 Å². The molecule has 5 heteroatoms. The lowest BCUT2D eigenvalue weighted by Gasteiger charge is -1.81. The Bertz CT molecular complexity index is 188. The average molecular weight is 145 g/mol. The summed E-state index contributed by atoms with van der Waals surface area (Å²) in [6.45, 7) is 2.01. The van der Waals surface area contributed by atoms with Crippen molar-refractivity contribution in [2.24, 2.45) is 0 Å². The summed E-state index contributed by atoms with van der Waals surface area (Å²) < 4.78 is 4.51. The molecule has 1 aromatic heterocycles. The molecule has 0 radical (unpaired) electrons. The quantitative estimate of drug-likeness (QED) is 0.622. The average Bonchev–Trinajstić information content (AvgIpc) is 2.17. The summed E-state index contributed by atoms with van der Waals surface area (Å²) in [7, 11) is 0. The van der Waals surface area contributed by atoms with Crippen LogP contribution in [0.5, 0.6) is 0 Å². The molecule has 0 atom stereocenters. The van der Waals surface area contributed by atoms with E-state index in [2.05, 4.69) is 14.7 Å². The Morgan fingerprint density at radius 3 is 3.00 bits per heavy atom. The SMILES string of the molecule is CCSc1noc(N)n1. The number of aromatic nitrogens is 2. The molecule has 0 aliphatic carbocycles. The highest BCUT2D eigenvalue weighted by Crippen LogP contribution is 2.12. The summed E-state index contributed by atoms with van der Waals surface area (Å²) in [6, 6.07) is 0.131. The maximum absolute atomic E-state index is 5.16. The van der Waals surface area contributed by atoms with Crippen molar-refractivity contribution in [2.45, 2.75) is 12.1 Å². The van der Waals surface area contributed by atoms with E-state index < -0.39 is 0 Å². The molecule has 4 nitrogen and oxygen atoms in total. The van der Waals surface area contributed by atoms with E-state index in [1.54, 1.807) is 0 Å². The zero-order chi connectivity index (χ0) is 6.69. The first-order chi connectivity index (χ1) is 4.33. The van der Waals surface area contributed by atoms with Crippen molar-refractivity contribution in [3.63, 3.8) is 0 Å². The van der Waals surface area contributed by atoms with Gasteiger partial charge in [-0.1, -0.05) is 18.7 Å². The summed E-state index contributed by atoms with van der Waals surface area (Å²) >= 11 is 1.50. The Morgan fingerprint density at radius 1 is 1.78 bits per heavy atom. The van der Waals surface area contributed by atoms with E-state index in [1.165, 1.54) is 11.8 Å². The topological polar surface area (TPSA) is 64.9 Å². The van der Waals surface area contributed by atoms with Crippen molar-refractivity contribution in [1.29, 1.82) is 0 Å². The lowest BCUT2D eigenvalue weighted by molar-refractivity contribution is 0.419. The van der Waals surface area contributed by atoms with Crippen LogP contribution in [0.2, 0.25) is 0 Å². The van der Waals surface area contributed by atoms with Crippen molar-refractivity contribution in [3.05, 3.63) is 0 Å². The molecule has 0 unspecified atom stereocenters. The van der Waals surface area contributed by atoms with Crippen LogP contribution in [0.25, 0.3) is 0 Å². The number of hydrogen-bond donors (Lipinski definition) is 1. The predicted molar refractivity (Wildman–Crippen MR) is 35.1 cm³/mol. The van der Waals surface area contributed by atoms with Crippen LogP contribution in [0.15, 0.2) is 9.68 Å². The van der Waals surface area contributed by atoms with Crippen LogP contribution >= 0.6 is 11.8 Å². The Balaban J connectivity index is 2.61. The van der Waals surface area contributed by atoms with E-state index in [0.717, 1.165) is 5.75 Å². The number of nitrogens with zero attached hydrogens (tertiary/aromatic N) is 2. The highest BCUT2D eigenvalue weighted by Gasteiger charge is 1.99. The van der Waals surface area contributed by atoms with Crippen LogP contribution in [0, 0.1) is 0 Å². The van der Waals surface area contributed by atoms with Gasteiger partial charge in [-0.3, -0.25) is 0 Å². The number of nitrogens with two attached hydrogens (primary N) is 1. The third-order valence-electron chi connectivity index (χ3n) is 0.697. The Hall–Kier alpha value is -0.710. The molecule has 0 fully saturated rings. The molecule has 1 aromatic rings. The minimum Gasteiger partial charge on any atom is -0.351 e. The van der Waals surface area contributed by atoms with E-state index in [-0.39, 0.29) is 6.01 Å². The number of rotatable bonds is 2. The van der Waals surface area contributed by atoms with Crippen molar-refractivity contribution in [1.82, 2.24) is 10.1 Å². The Morgan fingerprint density at radius 2 is 2.56 bits per heavy atom. The van der Waals surface area contributed by atoms with Gasteiger partial charge in [-0.2, -0.15) is 4.98 Å². The third kappa shape index (κ3) is 1.60. The fourth-order valence-electron chi connectivity index (χ4n) is 0.409. The van der Waals surface area contributed by atoms with Crippen LogP contribution in [-0.2, 0) is 0 Å². The van der Waals surface area contributed by atoms with Crippen molar-refractivity contribution in [3.8, 4) is 0 Å². The highest BCUT2D eigenvalue weighted by atomic mass is 32.2. The molecule has 0 saturated carbocycles. The lowest BCUT2D eigenvalue weighted by Crippen LogP contribution is -1.82. The fourth-order valence-corrected chi connectivity index (χ4v) is 0.911. The molecule has 1 rings (SSSR count). The zero-order valence-electron chi connectivity index (χ0n) is 5.00. The smallest absolute Gasteiger partial charge is 0.319 e. The van der Waals surface area contributed by atoms with Crippen LogP contribution in [0.1, 0.15) is 6.92 Å². The second-order valence-corrected chi connectivity index (χ2v) is 2.58. The van der Waals surface area contributed by atoms with E-state index >= 15 is 0 Å². The number of nitrogen functional groups attached to an aromatic ring is 1. The molecule has 0 amide bonds. The second kappa shape index (κ2) is 2.72. The predicted octanol–water partition coefficient (Wildman–Crippen LogP) is 0.764. The summed E-state index contributed by atoms with van der Waals surface area (Å²) in [6.07, 6.45) is 0. The van der Waals surface area contributed by atoms with Crippen LogP contribution in [0.3, 0.4) is 0 Å². The fraction of sp³-hybridized carbons (Fsp3) is 0.500. The van der Waals surface area contributed by atoms with E-state index in [0.29, 0.717) is 5.16 Å². The van der Waals surface area contributed by atoms with Gasteiger partial charge >= 0.3 is 6.01 Å². The normalized spacial score (nSPS) is 9.89. The third-order valence-corrected chi connectivity index (χ3v) is 1.41. The molecule has 0 aromatic carbocycles. The molecule has 9 heavy (non-hydrogen) atoms. The first kappa shape index (κ1) is 6.41. The van der Waals surface area contributed by atoms with Gasteiger partial charge in [0, 0.05) is 0 Å². The first-order valence-corrected chi connectivity index (χ1v) is 3.53. The number of anilines is 1. The van der Waals surface area contributed by atoms with Gasteiger partial charge in [0.05, 0.1) is 0 Å². The van der Waals surface area contributed by atoms with Gasteiger partial charge < -0.3 is 10.3 Å². The monoisotopic (exact) mass is 145 g/mol. The molecule has 2 N–H and O–H groups in total. The van der Waals surface area contributed by atoms with Crippen molar-refractivity contribution >= 4 is 17.8 Å². The largest absolute Gasteiger partial charge is 0.351 e. The number of hydrogen-bond acceptors (Lipinski definition) is 5. The molecule has 0 aliphatic rings. The second-order valence-electron chi connectivity index (χ2n) is 1.35. The van der Waals surface area contributed by atoms with Gasteiger partial charge in [0.15, 0.2) is 0 Å². The van der Waals surface area contributed by atoms with Gasteiger partial charge in [-0.25, -0.2) is 0 Å². The molecule has 0 bridgehead atoms. The summed E-state index contributed by atoms with van der Waals surface area (Å²) in [5.74, 6) is 0.930. The van der Waals surface area contributed by atoms with Crippen molar-refractivity contribution in [2.75, 3.05) is 11.5 Å². The standard InChI is InChI=1S/C4H7N3OS/c1-2-9-4-6-3(5)8-7-4/h2H2,1H3,(H2,5,6,7). The molecule has 0 aliphatic heterocycles. The van der Waals surface area contributed by atoms with Gasteiger partial charge in [0.2, 0.25) is 5.16 Å². The Labute approximate surface area is 56.8 Å². The maximum Gasteiger partial charge on any atom is 0.319 e. The van der Waals surface area contributed by atoms with Gasteiger partial charge in [-0.05, 0) is 10.9 Å². The molecule has 50 valence electrons. The summed E-state index contributed by atoms with van der Waals surface area (Å²) in [5.41, 5.74) is 5.16. The highest BCUT2D eigenvalue weighted by molar-refractivity contribution is 7.99. The van der Waals surface area contributed by atoms with Gasteiger partial charge in [0.1, 0.15) is 0 Å². The van der Waals surface area contributed by atoms with Gasteiger partial charge in [0.25, 0.3) is 0 Å². The van der Waals surface area contributed by atoms with Crippen LogP contribution in [-0.4, -0.2) is 15.9 Å². The van der Waals surface area contributed by atoms with Crippen molar-refractivity contribution < 1.29 is 4.52 Å². The summed E-state index contributed by atoms with van der Waals surface area (Å²) in [4.78, 5) is 3.76. The summed E-state index contributed by atoms with van der Waals surface area (Å²) in [5, 5.41) is 4.16. The lowest BCUT2D eigenvalue weighted by atomic mass is 11.0. The van der Waals surface area contributed by atoms with Crippen LogP contribution < -0.4 is 5.73 Å².